The van der Waals surface area contributed by atoms with Crippen LogP contribution in [-0.4, -0.2) is 54.6 Å². The average Bonchev–Trinajstić information content (AvgIpc) is 2.72. The topological polar surface area (TPSA) is 101 Å². The molecular weight excluding hydrogens is 475 g/mol. The Kier molecular flexibility index (Phi) is 6.50. The van der Waals surface area contributed by atoms with Crippen LogP contribution in [-0.2, 0) is 16.2 Å². The zero-order chi connectivity index (χ0) is 23.8. The molecule has 1 amide bonds. The first-order chi connectivity index (χ1) is 14.8. The molecule has 2 aromatic carbocycles. The number of aryl methyl sites for hydroxylation is 1. The second kappa shape index (κ2) is 8.68. The molecule has 0 aromatic heterocycles. The van der Waals surface area contributed by atoms with Crippen LogP contribution in [0.5, 0.6) is 0 Å². The molecule has 0 N–H and O–H groups in total. The third-order valence-electron chi connectivity index (χ3n) is 5.06. The molecule has 3 rings (SSSR count). The lowest BCUT2D eigenvalue weighted by atomic mass is 10.1. The van der Waals surface area contributed by atoms with Gasteiger partial charge in [-0.3, -0.25) is 14.9 Å². The van der Waals surface area contributed by atoms with Gasteiger partial charge < -0.3 is 4.90 Å². The van der Waals surface area contributed by atoms with E-state index in [1.165, 1.54) is 24.0 Å². The maximum Gasteiger partial charge on any atom is 0.417 e. The number of alkyl halides is 3. The summed E-state index contributed by atoms with van der Waals surface area (Å²) in [5.41, 5.74) is -0.981. The molecule has 0 radical (unpaired) electrons. The van der Waals surface area contributed by atoms with Crippen molar-refractivity contribution in [1.82, 2.24) is 9.21 Å². The van der Waals surface area contributed by atoms with Gasteiger partial charge in [0.1, 0.15) is 0 Å². The van der Waals surface area contributed by atoms with E-state index in [0.29, 0.717) is 11.6 Å². The van der Waals surface area contributed by atoms with Crippen LogP contribution >= 0.6 is 11.6 Å². The molecular formula is C19H17ClF3N3O5S. The highest BCUT2D eigenvalue weighted by Gasteiger charge is 2.36. The second-order valence-corrected chi connectivity index (χ2v) is 9.44. The molecule has 1 aliphatic heterocycles. The summed E-state index contributed by atoms with van der Waals surface area (Å²) in [5, 5.41) is 10.5. The van der Waals surface area contributed by atoms with Gasteiger partial charge in [-0.2, -0.15) is 17.5 Å². The summed E-state index contributed by atoms with van der Waals surface area (Å²) in [7, 11) is -4.25. The van der Waals surface area contributed by atoms with E-state index >= 15 is 0 Å². The zero-order valence-corrected chi connectivity index (χ0v) is 18.2. The number of carbonyl (C=O) groups excluding carboxylic acids is 1. The zero-order valence-electron chi connectivity index (χ0n) is 16.6. The Morgan fingerprint density at radius 1 is 1.09 bits per heavy atom. The highest BCUT2D eigenvalue weighted by Crippen LogP contribution is 2.36. The fourth-order valence-corrected chi connectivity index (χ4v) is 4.96. The number of carbonyl (C=O) groups is 1. The van der Waals surface area contributed by atoms with E-state index in [1.54, 1.807) is 0 Å². The summed E-state index contributed by atoms with van der Waals surface area (Å²) >= 11 is 5.55. The van der Waals surface area contributed by atoms with Gasteiger partial charge >= 0.3 is 6.18 Å². The van der Waals surface area contributed by atoms with Gasteiger partial charge in [-0.05, 0) is 31.2 Å². The largest absolute Gasteiger partial charge is 0.417 e. The van der Waals surface area contributed by atoms with Crippen molar-refractivity contribution in [3.8, 4) is 0 Å². The summed E-state index contributed by atoms with van der Waals surface area (Å²) in [5.74, 6) is -0.504. The van der Waals surface area contributed by atoms with E-state index in [2.05, 4.69) is 0 Å². The van der Waals surface area contributed by atoms with E-state index < -0.39 is 42.5 Å². The van der Waals surface area contributed by atoms with E-state index in [9.17, 15) is 36.5 Å². The van der Waals surface area contributed by atoms with Gasteiger partial charge in [-0.25, -0.2) is 8.42 Å². The first-order valence-electron chi connectivity index (χ1n) is 9.23. The molecule has 8 nitrogen and oxygen atoms in total. The molecule has 172 valence electrons. The van der Waals surface area contributed by atoms with Gasteiger partial charge in [0.25, 0.3) is 11.6 Å². The van der Waals surface area contributed by atoms with Crippen molar-refractivity contribution in [2.24, 2.45) is 0 Å². The second-order valence-electron chi connectivity index (χ2n) is 7.09. The van der Waals surface area contributed by atoms with Gasteiger partial charge in [0.05, 0.1) is 20.4 Å². The number of amides is 1. The minimum absolute atomic E-state index is 0.0283. The van der Waals surface area contributed by atoms with Gasteiger partial charge in [0.2, 0.25) is 10.0 Å². The van der Waals surface area contributed by atoms with Crippen LogP contribution < -0.4 is 0 Å². The number of rotatable bonds is 4. The van der Waals surface area contributed by atoms with E-state index in [4.69, 9.17) is 11.6 Å². The van der Waals surface area contributed by atoms with Crippen molar-refractivity contribution in [2.45, 2.75) is 18.0 Å². The Labute approximate surface area is 186 Å². The van der Waals surface area contributed by atoms with Crippen LogP contribution in [0.1, 0.15) is 21.5 Å². The van der Waals surface area contributed by atoms with Crippen molar-refractivity contribution < 1.29 is 31.3 Å². The van der Waals surface area contributed by atoms with Crippen molar-refractivity contribution in [3.05, 3.63) is 68.2 Å². The summed E-state index contributed by atoms with van der Waals surface area (Å²) < 4.78 is 65.9. The molecule has 1 fully saturated rings. The average molecular weight is 492 g/mol. The molecule has 2 aromatic rings. The summed E-state index contributed by atoms with van der Waals surface area (Å²) in [6.07, 6.45) is -4.82. The molecule has 1 aliphatic rings. The predicted octanol–water partition coefficient (Wildman–Crippen LogP) is 3.72. The lowest BCUT2D eigenvalue weighted by Crippen LogP contribution is -2.50. The molecule has 0 saturated carbocycles. The highest BCUT2D eigenvalue weighted by molar-refractivity contribution is 7.89. The molecule has 0 unspecified atom stereocenters. The Morgan fingerprint density at radius 3 is 2.28 bits per heavy atom. The number of nitro benzene ring substituents is 1. The predicted molar refractivity (Wildman–Crippen MR) is 109 cm³/mol. The lowest BCUT2D eigenvalue weighted by molar-refractivity contribution is -0.385. The number of benzene rings is 2. The maximum absolute atomic E-state index is 13.1. The van der Waals surface area contributed by atoms with E-state index in [0.717, 1.165) is 22.5 Å². The van der Waals surface area contributed by atoms with Gasteiger partial charge in [-0.1, -0.05) is 17.7 Å². The third-order valence-corrected chi connectivity index (χ3v) is 7.28. The summed E-state index contributed by atoms with van der Waals surface area (Å²) in [6.45, 7) is 1.19. The van der Waals surface area contributed by atoms with Gasteiger partial charge in [0, 0.05) is 43.4 Å². The Hall–Kier alpha value is -2.70. The van der Waals surface area contributed by atoms with Crippen molar-refractivity contribution in [1.29, 1.82) is 0 Å². The third kappa shape index (κ3) is 4.71. The first-order valence-corrected chi connectivity index (χ1v) is 11.1. The standard InChI is InChI=1S/C19H17ClF3N3O5S/c1-12-2-3-13(10-17(12)26(28)29)18(27)24-6-8-25(9-7-24)32(30,31)14-4-5-16(20)15(11-14)19(21,22)23/h2-5,10-11H,6-9H2,1H3. The van der Waals surface area contributed by atoms with Crippen LogP contribution in [0.4, 0.5) is 18.9 Å². The minimum Gasteiger partial charge on any atom is -0.336 e. The molecule has 32 heavy (non-hydrogen) atoms. The Bertz CT molecular complexity index is 1180. The summed E-state index contributed by atoms with van der Waals surface area (Å²) in [6, 6.07) is 6.41. The number of halogens is 4. The Morgan fingerprint density at radius 2 is 1.72 bits per heavy atom. The molecule has 0 atom stereocenters. The highest BCUT2D eigenvalue weighted by atomic mass is 35.5. The van der Waals surface area contributed by atoms with E-state index in [1.807, 2.05) is 0 Å². The molecule has 1 heterocycles. The molecule has 13 heteroatoms. The van der Waals surface area contributed by atoms with Crippen LogP contribution in [0.2, 0.25) is 5.02 Å². The normalized spacial score (nSPS) is 15.6. The monoisotopic (exact) mass is 491 g/mol. The fraction of sp³-hybridized carbons (Fsp3) is 0.316. The molecule has 0 spiro atoms. The number of nitro groups is 1. The van der Waals surface area contributed by atoms with Crippen LogP contribution in [0.3, 0.4) is 0 Å². The molecule has 0 bridgehead atoms. The number of hydrogen-bond donors (Lipinski definition) is 0. The van der Waals surface area contributed by atoms with Crippen molar-refractivity contribution in [3.63, 3.8) is 0 Å². The van der Waals surface area contributed by atoms with Crippen LogP contribution in [0, 0.1) is 17.0 Å². The number of hydrogen-bond acceptors (Lipinski definition) is 5. The number of piperazine rings is 1. The minimum atomic E-state index is -4.82. The molecule has 1 saturated heterocycles. The van der Waals surface area contributed by atoms with Crippen LogP contribution in [0.15, 0.2) is 41.3 Å². The number of nitrogens with zero attached hydrogens (tertiary/aromatic N) is 3. The quantitative estimate of drug-likeness (QED) is 0.479. The first kappa shape index (κ1) is 24.0. The number of sulfonamides is 1. The molecule has 0 aliphatic carbocycles. The van der Waals surface area contributed by atoms with Gasteiger partial charge in [0.15, 0.2) is 0 Å². The fourth-order valence-electron chi connectivity index (χ4n) is 3.28. The van der Waals surface area contributed by atoms with Crippen molar-refractivity contribution in [2.75, 3.05) is 26.2 Å². The summed E-state index contributed by atoms with van der Waals surface area (Å²) in [4.78, 5) is 24.0. The lowest BCUT2D eigenvalue weighted by Gasteiger charge is -2.34. The maximum atomic E-state index is 13.1. The Balaban J connectivity index is 1.76. The smallest absolute Gasteiger partial charge is 0.336 e. The SMILES string of the molecule is Cc1ccc(C(=O)N2CCN(S(=O)(=O)c3ccc(Cl)c(C(F)(F)F)c3)CC2)cc1[N+](=O)[O-]. The van der Waals surface area contributed by atoms with Crippen LogP contribution in [0.25, 0.3) is 0 Å². The van der Waals surface area contributed by atoms with E-state index in [-0.39, 0.29) is 37.4 Å². The van der Waals surface area contributed by atoms with Crippen molar-refractivity contribution >= 4 is 33.2 Å². The van der Waals surface area contributed by atoms with Gasteiger partial charge in [-0.15, -0.1) is 0 Å².